The van der Waals surface area contributed by atoms with Crippen molar-refractivity contribution in [1.29, 1.82) is 0 Å². The summed E-state index contributed by atoms with van der Waals surface area (Å²) < 4.78 is 48.8. The minimum atomic E-state index is -0.337. The lowest BCUT2D eigenvalue weighted by Gasteiger charge is -2.40. The Morgan fingerprint density at radius 3 is 1.10 bits per heavy atom. The van der Waals surface area contributed by atoms with Crippen LogP contribution in [0.4, 0.5) is 0 Å². The van der Waals surface area contributed by atoms with Crippen LogP contribution in [0.5, 0.6) is 34.5 Å². The second kappa shape index (κ2) is 53.6. The van der Waals surface area contributed by atoms with Crippen LogP contribution < -0.4 is 18.9 Å². The third kappa shape index (κ3) is 35.0. The van der Waals surface area contributed by atoms with E-state index in [9.17, 15) is 0 Å². The fourth-order valence-electron chi connectivity index (χ4n) is 16.6. The van der Waals surface area contributed by atoms with Crippen molar-refractivity contribution in [1.82, 2.24) is 0 Å². The Morgan fingerprint density at radius 2 is 0.696 bits per heavy atom. The average molecular weight is 1580 g/mol. The molecule has 0 aromatic heterocycles. The lowest BCUT2D eigenvalue weighted by atomic mass is 9.70. The molecule has 0 radical (unpaired) electrons. The number of benzene rings is 7. The maximum absolute atomic E-state index is 9.01. The van der Waals surface area contributed by atoms with E-state index in [0.717, 1.165) is 90.9 Å². The molecule has 12 rings (SSSR count). The third-order valence-electron chi connectivity index (χ3n) is 25.4. The van der Waals surface area contributed by atoms with Crippen molar-refractivity contribution in [3.63, 3.8) is 0 Å². The molecular weight excluding hydrogens is 1420 g/mol. The zero-order valence-electron chi connectivity index (χ0n) is 74.4. The van der Waals surface area contributed by atoms with Gasteiger partial charge >= 0.3 is 0 Å². The summed E-state index contributed by atoms with van der Waals surface area (Å²) in [5.41, 5.74) is 9.20. The lowest BCUT2D eigenvalue weighted by molar-refractivity contribution is -0.143. The molecule has 0 amide bonds. The molecule has 0 saturated heterocycles. The van der Waals surface area contributed by atoms with Gasteiger partial charge in [-0.1, -0.05) is 276 Å². The van der Waals surface area contributed by atoms with E-state index in [2.05, 4.69) is 198 Å². The summed E-state index contributed by atoms with van der Waals surface area (Å²) in [5.74, 6) is 11.8. The number of ether oxygens (including phenoxy) is 8. The van der Waals surface area contributed by atoms with Gasteiger partial charge in [0.15, 0.2) is 12.6 Å². The Kier molecular flexibility index (Phi) is 44.4. The second-order valence-electron chi connectivity index (χ2n) is 34.5. The van der Waals surface area contributed by atoms with Crippen LogP contribution in [-0.2, 0) is 18.9 Å². The molecule has 5 fully saturated rings. The van der Waals surface area contributed by atoms with Crippen molar-refractivity contribution < 1.29 is 48.1 Å². The van der Waals surface area contributed by atoms with Gasteiger partial charge in [-0.2, -0.15) is 0 Å². The zero-order chi connectivity index (χ0) is 82.7. The molecule has 115 heavy (non-hydrogen) atoms. The molecule has 13 atom stereocenters. The van der Waals surface area contributed by atoms with Crippen molar-refractivity contribution in [2.24, 2.45) is 29.6 Å². The molecule has 0 heterocycles. The molecule has 5 aliphatic rings. The predicted molar refractivity (Wildman–Crippen MR) is 481 cm³/mol. The van der Waals surface area contributed by atoms with E-state index in [4.69, 9.17) is 48.1 Å². The zero-order valence-corrected chi connectivity index (χ0v) is 74.4. The highest BCUT2D eigenvalue weighted by Crippen LogP contribution is 2.43. The van der Waals surface area contributed by atoms with Gasteiger partial charge < -0.3 is 48.1 Å². The number of aromatic hydroxyl groups is 2. The van der Waals surface area contributed by atoms with Crippen LogP contribution in [-0.4, -0.2) is 54.5 Å². The summed E-state index contributed by atoms with van der Waals surface area (Å²) in [6.07, 6.45) is 35.9. The molecule has 7 aromatic carbocycles. The standard InChI is InChI=1S/C27H36O2.C23H36O2.C20H32O2.C15H24O2.2C10H14O/c1-3-20(2)21-13-16-25(17-14-21)28-27(23-10-5-4-6-11-23)29-26-18-15-22-9-7-8-12-24(22)19-26;1-3-18(2)20-13-15-22(16-14-20)25-23(21-11-7-8-12-21)24-17-19-9-5-4-6-10-19;1-4-16(3)18-11-13-19(14-12-18)22-20(21-5-2)15-17-9-7-6-8-10-17;1-6-12(4)14-7-9-15(10-8-14)17-13(5)16-11(2)3;2*1-3-8(2)9-4-6-10(11)7-5-9/h4-6,10-11,13-14,16-17,20,22,24,26-27H,3,7-9,12,15,18-19H2,1-2H3;13-16,18-19,21,23H,3-12,17H2,1-2H3;11-14,16-17,20H,4-10,15H2,1-3H3;7-13H,6H2,1-5H3;2*4-8,11H,3H2,1-2H3. The highest BCUT2D eigenvalue weighted by Gasteiger charge is 2.35. The molecule has 636 valence electrons. The number of hydrogen-bond donors (Lipinski definition) is 2. The van der Waals surface area contributed by atoms with Crippen LogP contribution in [0.2, 0.25) is 0 Å². The summed E-state index contributed by atoms with van der Waals surface area (Å²) in [5, 5.41) is 18.0. The van der Waals surface area contributed by atoms with Gasteiger partial charge in [-0.3, -0.25) is 0 Å². The fraction of sp³-hybridized carbons (Fsp3) is 0.600. The molecule has 5 aliphatic carbocycles. The first-order valence-electron chi connectivity index (χ1n) is 45.9. The smallest absolute Gasteiger partial charge is 0.226 e. The van der Waals surface area contributed by atoms with E-state index in [1.807, 2.05) is 64.1 Å². The number of hydrogen-bond acceptors (Lipinski definition) is 10. The Morgan fingerprint density at radius 1 is 0.330 bits per heavy atom. The average Bonchev–Trinajstić information content (AvgIpc) is 1.63. The Balaban J connectivity index is 0.000000197. The summed E-state index contributed by atoms with van der Waals surface area (Å²) in [6.45, 7) is 36.2. The summed E-state index contributed by atoms with van der Waals surface area (Å²) >= 11 is 0. The lowest BCUT2D eigenvalue weighted by Crippen LogP contribution is -2.33. The number of rotatable bonds is 33. The third-order valence-corrected chi connectivity index (χ3v) is 25.4. The van der Waals surface area contributed by atoms with Gasteiger partial charge in [-0.25, -0.2) is 0 Å². The maximum atomic E-state index is 9.01. The number of phenols is 2. The van der Waals surface area contributed by atoms with Crippen LogP contribution in [0.1, 0.15) is 371 Å². The van der Waals surface area contributed by atoms with Gasteiger partial charge in [-0.15, -0.1) is 0 Å². The quantitative estimate of drug-likeness (QED) is 0.0386. The summed E-state index contributed by atoms with van der Waals surface area (Å²) in [7, 11) is 0. The second-order valence-corrected chi connectivity index (χ2v) is 34.5. The summed E-state index contributed by atoms with van der Waals surface area (Å²) in [4.78, 5) is 0. The highest BCUT2D eigenvalue weighted by atomic mass is 16.7. The monoisotopic (exact) mass is 1580 g/mol. The molecule has 0 bridgehead atoms. The summed E-state index contributed by atoms with van der Waals surface area (Å²) in [6, 6.07) is 59.4. The van der Waals surface area contributed by atoms with E-state index < -0.39 is 0 Å². The van der Waals surface area contributed by atoms with Crippen LogP contribution >= 0.6 is 0 Å². The van der Waals surface area contributed by atoms with Gasteiger partial charge in [0, 0.05) is 24.5 Å². The molecule has 0 aliphatic heterocycles. The van der Waals surface area contributed by atoms with Crippen molar-refractivity contribution >= 4 is 0 Å². The maximum Gasteiger partial charge on any atom is 0.226 e. The van der Waals surface area contributed by atoms with Gasteiger partial charge in [0.05, 0.1) is 18.8 Å². The van der Waals surface area contributed by atoms with E-state index in [0.29, 0.717) is 65.6 Å². The normalized spacial score (nSPS) is 19.7. The topological polar surface area (TPSA) is 114 Å². The molecule has 13 unspecified atom stereocenters. The molecule has 2 N–H and O–H groups in total. The largest absolute Gasteiger partial charge is 0.508 e. The first-order chi connectivity index (χ1) is 55.7. The minimum Gasteiger partial charge on any atom is -0.508 e. The first-order valence-corrected chi connectivity index (χ1v) is 45.9. The SMILES string of the molecule is CCC(C)c1ccc(O)cc1.CCC(C)c1ccc(O)cc1.CCC(C)c1ccc(OC(C)OC(C)C)cc1.CCC(C)c1ccc(OC(OC2CCC3CCCCC3C2)c2ccccc2)cc1.CCC(C)c1ccc(OC(OCC2CCCCC2)C2CCCC2)cc1.CCOC(CC1CCCCC1)Oc1ccc(C(C)CC)cc1. The van der Waals surface area contributed by atoms with E-state index in [1.54, 1.807) is 24.3 Å². The number of phenolic OH excluding ortho intramolecular Hbond substituents is 2. The van der Waals surface area contributed by atoms with Crippen LogP contribution in [0.25, 0.3) is 0 Å². The van der Waals surface area contributed by atoms with Gasteiger partial charge in [0.1, 0.15) is 34.5 Å². The minimum absolute atomic E-state index is 0.0566. The van der Waals surface area contributed by atoms with Crippen molar-refractivity contribution in [2.45, 2.75) is 363 Å². The molecular formula is C105H156O10. The van der Waals surface area contributed by atoms with E-state index >= 15 is 0 Å². The fourth-order valence-corrected chi connectivity index (χ4v) is 16.6. The van der Waals surface area contributed by atoms with Crippen LogP contribution in [0, 0.1) is 29.6 Å². The number of fused-ring (bicyclic) bond motifs is 1. The molecule has 5 saturated carbocycles. The van der Waals surface area contributed by atoms with Crippen LogP contribution in [0.15, 0.2) is 176 Å². The Hall–Kier alpha value is -6.82. The van der Waals surface area contributed by atoms with Crippen LogP contribution in [0.3, 0.4) is 0 Å². The van der Waals surface area contributed by atoms with Gasteiger partial charge in [0.2, 0.25) is 12.6 Å². The molecule has 7 aromatic rings. The van der Waals surface area contributed by atoms with Gasteiger partial charge in [0.25, 0.3) is 0 Å². The Bertz CT molecular complexity index is 3510. The highest BCUT2D eigenvalue weighted by molar-refractivity contribution is 5.34. The first kappa shape index (κ1) is 95.3. The van der Waals surface area contributed by atoms with Crippen molar-refractivity contribution in [2.75, 3.05) is 13.2 Å². The van der Waals surface area contributed by atoms with Gasteiger partial charge in [-0.05, 0) is 277 Å². The van der Waals surface area contributed by atoms with E-state index in [-0.39, 0.29) is 31.3 Å². The molecule has 0 spiro atoms. The van der Waals surface area contributed by atoms with E-state index in [1.165, 1.54) is 181 Å². The predicted octanol–water partition coefficient (Wildman–Crippen LogP) is 30.4. The van der Waals surface area contributed by atoms with Crippen molar-refractivity contribution in [3.8, 4) is 34.5 Å². The van der Waals surface area contributed by atoms with Crippen molar-refractivity contribution in [3.05, 3.63) is 215 Å². The molecule has 10 nitrogen and oxygen atoms in total. The molecule has 10 heteroatoms. The Labute approximate surface area is 699 Å².